The Kier molecular flexibility index (Phi) is 41.8. The second kappa shape index (κ2) is 46.2. The maximum Gasteiger partial charge on any atom is 0.409 e. The fraction of sp³-hybridized carbons (Fsp3) is 0.586. The number of hydroxylamine groups is 2. The van der Waals surface area contributed by atoms with Crippen LogP contribution in [0.4, 0.5) is 10.5 Å². The molecule has 3 saturated heterocycles. The Bertz CT molecular complexity index is 3210. The molecule has 7 rings (SSSR count). The van der Waals surface area contributed by atoms with Gasteiger partial charge in [-0.15, -0.1) is 5.06 Å². The zero-order valence-electron chi connectivity index (χ0n) is 59.0. The predicted octanol–water partition coefficient (Wildman–Crippen LogP) is 12.8. The maximum absolute atomic E-state index is 14.2. The minimum atomic E-state index is -1.84. The highest BCUT2D eigenvalue weighted by Crippen LogP contribution is 2.49. The molecular formula is C70H105ClN8O16S6. The number of imide groups is 1. The van der Waals surface area contributed by atoms with Crippen LogP contribution in [0.3, 0.4) is 0 Å². The quantitative estimate of drug-likeness (QED) is 0.0191. The summed E-state index contributed by atoms with van der Waals surface area (Å²) in [6, 6.07) is 14.1. The largest absolute Gasteiger partial charge is 0.495 e. The molecule has 2 aromatic heterocycles. The maximum atomic E-state index is 14.2. The Labute approximate surface area is 625 Å². The van der Waals surface area contributed by atoms with Gasteiger partial charge in [0.1, 0.15) is 50.8 Å². The average molecular weight is 1540 g/mol. The highest BCUT2D eigenvalue weighted by molar-refractivity contribution is 8.77. The molecule has 7 amide bonds. The fourth-order valence-electron chi connectivity index (χ4n) is 9.93. The van der Waals surface area contributed by atoms with E-state index in [1.807, 2.05) is 77.1 Å². The van der Waals surface area contributed by atoms with Gasteiger partial charge in [-0.25, -0.2) is 24.4 Å². The third kappa shape index (κ3) is 29.8. The van der Waals surface area contributed by atoms with Gasteiger partial charge in [0.2, 0.25) is 23.6 Å². The van der Waals surface area contributed by atoms with Crippen LogP contribution in [-0.4, -0.2) is 184 Å². The molecule has 3 fully saturated rings. The Morgan fingerprint density at radius 2 is 1.39 bits per heavy atom. The van der Waals surface area contributed by atoms with E-state index in [1.54, 1.807) is 133 Å². The molecule has 1 aromatic carbocycles. The first-order chi connectivity index (χ1) is 47.1. The van der Waals surface area contributed by atoms with E-state index in [0.717, 1.165) is 27.6 Å². The number of esters is 1. The van der Waals surface area contributed by atoms with E-state index in [4.69, 9.17) is 40.1 Å². The van der Waals surface area contributed by atoms with Crippen LogP contribution in [0.5, 0.6) is 5.75 Å². The second-order valence-corrected chi connectivity index (χ2v) is 32.3. The Hall–Kier alpha value is -5.70. The van der Waals surface area contributed by atoms with Crippen molar-refractivity contribution in [2.24, 2.45) is 5.92 Å². The van der Waals surface area contributed by atoms with E-state index < -0.39 is 83.5 Å². The fourth-order valence-corrected chi connectivity index (χ4v) is 16.7. The Morgan fingerprint density at radius 1 is 0.832 bits per heavy atom. The lowest BCUT2D eigenvalue weighted by atomic mass is 9.83. The van der Waals surface area contributed by atoms with Crippen LogP contribution >= 0.6 is 76.4 Å². The van der Waals surface area contributed by atoms with E-state index in [9.17, 15) is 48.3 Å². The lowest BCUT2D eigenvalue weighted by Crippen LogP contribution is -2.63. The smallest absolute Gasteiger partial charge is 0.409 e. The predicted molar refractivity (Wildman–Crippen MR) is 407 cm³/mol. The summed E-state index contributed by atoms with van der Waals surface area (Å²) in [6.45, 7) is 17.1. The third-order valence-corrected chi connectivity index (χ3v) is 25.2. The Morgan fingerprint density at radius 3 is 1.91 bits per heavy atom. The number of nitrogens with zero attached hydrogens (tertiary/aromatic N) is 5. The van der Waals surface area contributed by atoms with Gasteiger partial charge in [0.15, 0.2) is 5.72 Å². The summed E-state index contributed by atoms with van der Waals surface area (Å²) in [5.41, 5.74) is -0.976. The number of fused-ring (bicyclic) bond motifs is 5. The van der Waals surface area contributed by atoms with Crippen molar-refractivity contribution in [3.05, 3.63) is 95.3 Å². The standard InChI is InChI=1S/C41H59ClN4O11S2.C14H16N2O4S2.C11H16N2OS2.C2H6.2CH4/c1-23-12-11-13-31(54-10)41(52)22-30(55-39(51)44-41)25(3)37-40(5,57-37)32(21-35(49)46(8)28-19-27(18-23)20-29(53-9)36(28)42)56-38(50)26(4)45(7)34(48)16-17-58-59-24(2)14-15-33(47)43-6;1-10(21-22-11-4-2-3-9-15-11)5-8-14(19)20-16-12(17)6-7-13(16)18;1-9(6-7-10(14)12-2)15-16-11-5-3-4-8-13-11;1-2;;/h11-13,19-20,24-26,30-32,37,52H,14-18,21-22H2,1-10H3,(H,43,47)(H,44,51);2-4,9-10H,5-8H2,1H3;3-5,8-9H,6-7H2,1-2H3,(H,12,14);1-2H3;2*1H4/b13-11+,23-12+;;;;;/t24?,25-,26+,30+,31-,32+,37+,40+,41+;;;;;/m1...../s1. The molecule has 4 aliphatic heterocycles. The number of nitrogens with one attached hydrogen (secondary N) is 3. The first-order valence-electron chi connectivity index (χ1n) is 32.7. The lowest BCUT2D eigenvalue weighted by molar-refractivity contribution is -0.197. The summed E-state index contributed by atoms with van der Waals surface area (Å²) in [7, 11) is 19.0. The summed E-state index contributed by atoms with van der Waals surface area (Å²) < 4.78 is 29.3. The van der Waals surface area contributed by atoms with Gasteiger partial charge < -0.3 is 54.1 Å². The minimum Gasteiger partial charge on any atom is -0.495 e. The van der Waals surface area contributed by atoms with Crippen molar-refractivity contribution in [2.75, 3.05) is 53.1 Å². The van der Waals surface area contributed by atoms with E-state index in [0.29, 0.717) is 59.6 Å². The van der Waals surface area contributed by atoms with Gasteiger partial charge in [0, 0.05) is 120 Å². The number of carbonyl (C=O) groups excluding carboxylic acids is 9. The molecule has 31 heteroatoms. The number of pyridine rings is 2. The zero-order chi connectivity index (χ0) is 73.6. The van der Waals surface area contributed by atoms with Crippen molar-refractivity contribution in [2.45, 2.75) is 222 Å². The first kappa shape index (κ1) is 91.4. The summed E-state index contributed by atoms with van der Waals surface area (Å²) in [6.07, 6.45) is 8.09. The van der Waals surface area contributed by atoms with Gasteiger partial charge in [0.05, 0.1) is 25.3 Å². The van der Waals surface area contributed by atoms with Crippen molar-refractivity contribution >= 4 is 136 Å². The average Bonchev–Trinajstić information content (AvgIpc) is 1.58. The van der Waals surface area contributed by atoms with Crippen LogP contribution in [0, 0.1) is 5.92 Å². The number of likely N-dealkylation sites (N-methyl/N-ethyl adjacent to an activating group) is 1. The molecule has 3 unspecified atom stereocenters. The highest BCUT2D eigenvalue weighted by Gasteiger charge is 2.64. The number of carbonyl (C=O) groups is 9. The van der Waals surface area contributed by atoms with Gasteiger partial charge in [-0.05, 0) is 110 Å². The Balaban J connectivity index is 0.000000668. The number of benzene rings is 1. The van der Waals surface area contributed by atoms with Crippen LogP contribution in [0.2, 0.25) is 5.02 Å². The van der Waals surface area contributed by atoms with Crippen molar-refractivity contribution < 1.29 is 76.8 Å². The molecule has 101 heavy (non-hydrogen) atoms. The van der Waals surface area contributed by atoms with Gasteiger partial charge >= 0.3 is 18.0 Å². The summed E-state index contributed by atoms with van der Waals surface area (Å²) in [4.78, 5) is 127. The number of hydrogen-bond acceptors (Lipinski definition) is 24. The van der Waals surface area contributed by atoms with Crippen LogP contribution < -0.4 is 25.6 Å². The molecule has 564 valence electrons. The third-order valence-electron chi connectivity index (χ3n) is 16.1. The molecule has 0 spiro atoms. The SMILES string of the molecule is C.C.CC.CC(CCC(=O)ON1C(=O)CCC1=O)SSc1ccccn1.CNC(=O)CCC(C)SSCCC(=O)N(C)[C@@H](C)C(=O)O[C@H]1CC(=O)N(C)c2cc(cc(OC)c2Cl)C/C(C)=C/C=C/[C@@H](OC)[C@@]2(O)C[C@H](OC(=O)N2)[C@@H](C)[C@@H]2O[C@@]12C.CNC(=O)CCC(C)SSc1ccccn1. The number of methoxy groups -OCH3 is 2. The molecule has 4 bridgehead atoms. The second-order valence-electron chi connectivity index (χ2n) is 23.7. The number of amides is 7. The van der Waals surface area contributed by atoms with E-state index >= 15 is 0 Å². The number of aliphatic hydroxyl groups is 1. The van der Waals surface area contributed by atoms with Gasteiger partial charge in [0.25, 0.3) is 11.8 Å². The monoisotopic (exact) mass is 1540 g/mol. The summed E-state index contributed by atoms with van der Waals surface area (Å²) in [5, 5.41) is 23.1. The molecule has 3 aromatic rings. The van der Waals surface area contributed by atoms with E-state index in [-0.39, 0.29) is 86.6 Å². The van der Waals surface area contributed by atoms with Crippen molar-refractivity contribution in [1.82, 2.24) is 35.9 Å². The number of alkyl carbamates (subject to hydrolysis) is 1. The van der Waals surface area contributed by atoms with Crippen LogP contribution in [-0.2, 0) is 68.6 Å². The van der Waals surface area contributed by atoms with Crippen molar-refractivity contribution in [3.8, 4) is 5.75 Å². The minimum absolute atomic E-state index is 0. The molecule has 4 N–H and O–H groups in total. The number of epoxide rings is 1. The topological polar surface area (TPSA) is 304 Å². The van der Waals surface area contributed by atoms with E-state index in [2.05, 4.69) is 32.8 Å². The van der Waals surface area contributed by atoms with Crippen molar-refractivity contribution in [3.63, 3.8) is 0 Å². The highest BCUT2D eigenvalue weighted by atomic mass is 35.5. The number of rotatable bonds is 26. The molecule has 24 nitrogen and oxygen atoms in total. The van der Waals surface area contributed by atoms with E-state index in [1.165, 1.54) is 41.9 Å². The van der Waals surface area contributed by atoms with Crippen molar-refractivity contribution in [1.29, 1.82) is 0 Å². The van der Waals surface area contributed by atoms with Gasteiger partial charge in [-0.3, -0.25) is 34.1 Å². The first-order valence-corrected chi connectivity index (χ1v) is 39.8. The number of anilines is 1. The molecule has 11 atom stereocenters. The number of hydrogen-bond donors (Lipinski definition) is 4. The molecule has 6 heterocycles. The van der Waals surface area contributed by atoms with Gasteiger partial charge in [-0.1, -0.05) is 147 Å². The molecular weight excluding hydrogens is 1440 g/mol. The molecule has 4 aliphatic rings. The van der Waals surface area contributed by atoms with Gasteiger partial charge in [-0.2, -0.15) is 0 Å². The summed E-state index contributed by atoms with van der Waals surface area (Å²) in [5.74, 6) is -2.51. The van der Waals surface area contributed by atoms with Crippen LogP contribution in [0.15, 0.2) is 94.8 Å². The number of ether oxygens (including phenoxy) is 5. The summed E-state index contributed by atoms with van der Waals surface area (Å²) >= 11 is 6.78. The molecule has 0 aliphatic carbocycles. The molecule has 0 saturated carbocycles. The zero-order valence-corrected chi connectivity index (χ0v) is 64.7. The number of halogens is 1. The molecule has 0 radical (unpaired) electrons. The number of allylic oxidation sites excluding steroid dienone is 3. The van der Waals surface area contributed by atoms with Crippen LogP contribution in [0.1, 0.15) is 153 Å². The van der Waals surface area contributed by atoms with Crippen LogP contribution in [0.25, 0.3) is 0 Å². The lowest BCUT2D eigenvalue weighted by Gasteiger charge is -2.42. The normalized spacial score (nSPS) is 22.8. The number of aromatic nitrogens is 2.